The number of carboxylic acid groups (broad SMARTS) is 2. The molecule has 0 saturated heterocycles. The Bertz CT molecular complexity index is 2140. The zero-order valence-corrected chi connectivity index (χ0v) is 29.5. The average molecular weight is 761 g/mol. The monoisotopic (exact) mass is 760 g/mol. The molecular formula is C39H36O16. The number of phenols is 4. The molecule has 1 heterocycles. The van der Waals surface area contributed by atoms with Crippen molar-refractivity contribution in [1.29, 1.82) is 0 Å². The third-order valence-electron chi connectivity index (χ3n) is 8.65. The number of hydrogen-bond donors (Lipinski definition) is 6. The van der Waals surface area contributed by atoms with Crippen molar-refractivity contribution in [2.75, 3.05) is 21.3 Å². The summed E-state index contributed by atoms with van der Waals surface area (Å²) < 4.78 is 32.3. The van der Waals surface area contributed by atoms with Crippen LogP contribution in [-0.2, 0) is 41.5 Å². The van der Waals surface area contributed by atoms with Crippen LogP contribution in [0, 0.1) is 0 Å². The lowest BCUT2D eigenvalue weighted by atomic mass is 9.87. The zero-order valence-electron chi connectivity index (χ0n) is 29.5. The van der Waals surface area contributed by atoms with Crippen molar-refractivity contribution in [3.05, 3.63) is 101 Å². The summed E-state index contributed by atoms with van der Waals surface area (Å²) in [5.41, 5.74) is 1.10. The van der Waals surface area contributed by atoms with Crippen molar-refractivity contribution in [1.82, 2.24) is 0 Å². The summed E-state index contributed by atoms with van der Waals surface area (Å²) in [5, 5.41) is 60.8. The second-order valence-electron chi connectivity index (χ2n) is 12.1. The molecule has 0 aromatic heterocycles. The Labute approximate surface area is 312 Å². The largest absolute Gasteiger partial charge is 0.504 e. The lowest BCUT2D eigenvalue weighted by Gasteiger charge is -2.22. The summed E-state index contributed by atoms with van der Waals surface area (Å²) in [7, 11) is 3.93. The van der Waals surface area contributed by atoms with Gasteiger partial charge in [-0.05, 0) is 70.8 Å². The molecule has 0 saturated carbocycles. The second-order valence-corrected chi connectivity index (χ2v) is 12.1. The van der Waals surface area contributed by atoms with E-state index in [9.17, 15) is 49.8 Å². The van der Waals surface area contributed by atoms with Gasteiger partial charge in [-0.25, -0.2) is 14.4 Å². The van der Waals surface area contributed by atoms with E-state index in [2.05, 4.69) is 0 Å². The molecule has 4 aromatic carbocycles. The fourth-order valence-electron chi connectivity index (χ4n) is 5.95. The number of hydrogen-bond acceptors (Lipinski definition) is 14. The molecule has 16 nitrogen and oxygen atoms in total. The topological polar surface area (TPSA) is 245 Å². The third kappa shape index (κ3) is 8.76. The maximum atomic E-state index is 14.2. The van der Waals surface area contributed by atoms with Crippen LogP contribution in [0.3, 0.4) is 0 Å². The zero-order chi connectivity index (χ0) is 40.0. The summed E-state index contributed by atoms with van der Waals surface area (Å²) in [6.07, 6.45) is -3.21. The highest BCUT2D eigenvalue weighted by Crippen LogP contribution is 2.53. The number of benzene rings is 4. The first-order valence-corrected chi connectivity index (χ1v) is 16.4. The van der Waals surface area contributed by atoms with Gasteiger partial charge in [0, 0.05) is 24.5 Å². The van der Waals surface area contributed by atoms with Gasteiger partial charge < -0.3 is 59.1 Å². The lowest BCUT2D eigenvalue weighted by molar-refractivity contribution is -0.166. The number of aliphatic carboxylic acids is 2. The number of rotatable bonds is 15. The number of carbonyl (C=O) groups excluding carboxylic acids is 2. The molecule has 4 atom stereocenters. The predicted octanol–water partition coefficient (Wildman–Crippen LogP) is 4.24. The molecule has 0 fully saturated rings. The molecule has 0 spiro atoms. The van der Waals surface area contributed by atoms with Gasteiger partial charge in [-0.1, -0.05) is 24.3 Å². The molecule has 55 heavy (non-hydrogen) atoms. The molecule has 1 aliphatic rings. The smallest absolute Gasteiger partial charge is 0.345 e. The Hall–Kier alpha value is -7.10. The van der Waals surface area contributed by atoms with Crippen LogP contribution in [0.25, 0.3) is 6.08 Å². The molecule has 0 aliphatic carbocycles. The summed E-state index contributed by atoms with van der Waals surface area (Å²) in [6.45, 7) is 0. The molecular weight excluding hydrogens is 724 g/mol. The summed E-state index contributed by atoms with van der Waals surface area (Å²) in [5.74, 6) is -7.68. The van der Waals surface area contributed by atoms with Gasteiger partial charge in [0.25, 0.3) is 0 Å². The molecule has 16 heteroatoms. The number of aromatic hydroxyl groups is 4. The Morgan fingerprint density at radius 3 is 1.69 bits per heavy atom. The quantitative estimate of drug-likeness (QED) is 0.0733. The maximum absolute atomic E-state index is 14.2. The van der Waals surface area contributed by atoms with E-state index in [1.165, 1.54) is 94.1 Å². The van der Waals surface area contributed by atoms with Gasteiger partial charge in [0.05, 0.1) is 21.3 Å². The highest BCUT2D eigenvalue weighted by atomic mass is 16.6. The number of fused-ring (bicyclic) bond motifs is 1. The van der Waals surface area contributed by atoms with Gasteiger partial charge in [0.1, 0.15) is 12.0 Å². The van der Waals surface area contributed by atoms with Crippen LogP contribution in [-0.4, -0.2) is 88.1 Å². The van der Waals surface area contributed by atoms with E-state index < -0.39 is 53.9 Å². The molecule has 288 valence electrons. The number of ether oxygens (including phenoxy) is 6. The van der Waals surface area contributed by atoms with Gasteiger partial charge in [-0.2, -0.15) is 0 Å². The highest BCUT2D eigenvalue weighted by Gasteiger charge is 2.46. The van der Waals surface area contributed by atoms with E-state index in [4.69, 9.17) is 28.4 Å². The Balaban J connectivity index is 1.48. The van der Waals surface area contributed by atoms with E-state index in [1.807, 2.05) is 0 Å². The van der Waals surface area contributed by atoms with Crippen molar-refractivity contribution in [3.63, 3.8) is 0 Å². The number of carbonyl (C=O) groups is 4. The number of methoxy groups -OCH3 is 3. The predicted molar refractivity (Wildman–Crippen MR) is 190 cm³/mol. The van der Waals surface area contributed by atoms with E-state index >= 15 is 0 Å². The standard InChI is InChI=1S/C39H36O16/c1-50-27-14-19(4-9-23(27)40)16-30(37(45)46)53-32(44)13-8-21-6-12-26(43)36-33(21)34(35(55-36)22-7-11-25(42)29(18-22)52-3)39(49)54-31(38(47)48)17-20-5-10-24(41)28(15-20)51-2/h4-15,18,30-31,34-35,40-43H,16-17H2,1-3H3,(H,45,46)(H,47,48)/b13-8+/t30-,31-,34?,35-/m1/s1. The van der Waals surface area contributed by atoms with Crippen LogP contribution in [0.2, 0.25) is 0 Å². The highest BCUT2D eigenvalue weighted by molar-refractivity contribution is 5.92. The fraction of sp³-hybridized carbons (Fsp3) is 0.231. The average Bonchev–Trinajstić information content (AvgIpc) is 3.57. The Morgan fingerprint density at radius 1 is 0.673 bits per heavy atom. The van der Waals surface area contributed by atoms with E-state index in [-0.39, 0.29) is 69.8 Å². The van der Waals surface area contributed by atoms with E-state index in [1.54, 1.807) is 0 Å². The molecule has 6 N–H and O–H groups in total. The summed E-state index contributed by atoms with van der Waals surface area (Å²) in [6, 6.07) is 14.9. The van der Waals surface area contributed by atoms with Crippen LogP contribution in [0.1, 0.15) is 39.8 Å². The van der Waals surface area contributed by atoms with Crippen molar-refractivity contribution < 1.29 is 78.2 Å². The van der Waals surface area contributed by atoms with E-state index in [0.29, 0.717) is 11.1 Å². The van der Waals surface area contributed by atoms with Gasteiger partial charge in [-0.3, -0.25) is 4.79 Å². The van der Waals surface area contributed by atoms with Crippen molar-refractivity contribution in [2.45, 2.75) is 37.1 Å². The van der Waals surface area contributed by atoms with Gasteiger partial charge >= 0.3 is 23.9 Å². The van der Waals surface area contributed by atoms with Crippen molar-refractivity contribution >= 4 is 30.0 Å². The molecule has 4 aromatic rings. The van der Waals surface area contributed by atoms with Gasteiger partial charge in [0.2, 0.25) is 12.2 Å². The molecule has 5 rings (SSSR count). The summed E-state index contributed by atoms with van der Waals surface area (Å²) in [4.78, 5) is 51.6. The minimum absolute atomic E-state index is 0.00694. The van der Waals surface area contributed by atoms with Crippen LogP contribution >= 0.6 is 0 Å². The van der Waals surface area contributed by atoms with Crippen LogP contribution in [0.5, 0.6) is 46.0 Å². The lowest BCUT2D eigenvalue weighted by Crippen LogP contribution is -2.33. The minimum Gasteiger partial charge on any atom is -0.504 e. The van der Waals surface area contributed by atoms with Crippen molar-refractivity contribution in [2.24, 2.45) is 0 Å². The first kappa shape index (κ1) is 39.1. The molecule has 1 aliphatic heterocycles. The molecule has 0 amide bonds. The van der Waals surface area contributed by atoms with Crippen LogP contribution in [0.4, 0.5) is 0 Å². The second kappa shape index (κ2) is 16.7. The number of carboxylic acids is 2. The summed E-state index contributed by atoms with van der Waals surface area (Å²) >= 11 is 0. The molecule has 0 bridgehead atoms. The number of phenolic OH excluding ortho intramolecular Hbond substituents is 4. The minimum atomic E-state index is -1.76. The van der Waals surface area contributed by atoms with Crippen LogP contribution in [0.15, 0.2) is 72.8 Å². The van der Waals surface area contributed by atoms with Gasteiger partial charge in [0.15, 0.2) is 46.0 Å². The maximum Gasteiger partial charge on any atom is 0.345 e. The first-order chi connectivity index (χ1) is 26.2. The third-order valence-corrected chi connectivity index (χ3v) is 8.65. The van der Waals surface area contributed by atoms with E-state index in [0.717, 1.165) is 6.08 Å². The van der Waals surface area contributed by atoms with Crippen molar-refractivity contribution in [3.8, 4) is 46.0 Å². The SMILES string of the molecule is COc1cc(C[C@@H](OC(=O)/C=C/c2ccc(O)c3c2C(C(=O)O[C@H](Cc2ccc(O)c(OC)c2)C(=O)O)[C@@H](c2ccc(O)c(OC)c2)O3)C(=O)O)ccc1O. The van der Waals surface area contributed by atoms with Crippen LogP contribution < -0.4 is 18.9 Å². The number of esters is 2. The molecule has 1 unspecified atom stereocenters. The Morgan fingerprint density at radius 2 is 1.16 bits per heavy atom. The normalized spacial score (nSPS) is 15.6. The Kier molecular flexibility index (Phi) is 11.9. The fourth-order valence-corrected chi connectivity index (χ4v) is 5.95. The molecule has 0 radical (unpaired) electrons. The first-order valence-electron chi connectivity index (χ1n) is 16.4. The van der Waals surface area contributed by atoms with Gasteiger partial charge in [-0.15, -0.1) is 0 Å².